The van der Waals surface area contributed by atoms with Crippen LogP contribution in [0.15, 0.2) is 46.8 Å². The Kier molecular flexibility index (Phi) is 10.6. The quantitative estimate of drug-likeness (QED) is 0.254. The van der Waals surface area contributed by atoms with Gasteiger partial charge in [-0.1, -0.05) is 44.2 Å². The summed E-state index contributed by atoms with van der Waals surface area (Å²) in [4.78, 5) is 5.99. The van der Waals surface area contributed by atoms with Gasteiger partial charge in [-0.3, -0.25) is 0 Å². The van der Waals surface area contributed by atoms with E-state index in [4.69, 9.17) is 0 Å². The molecule has 9 heteroatoms. The topological polar surface area (TPSA) is 82.6 Å². The van der Waals surface area contributed by atoms with E-state index in [1.165, 1.54) is 11.9 Å². The van der Waals surface area contributed by atoms with Crippen molar-refractivity contribution in [2.45, 2.75) is 38.5 Å². The third kappa shape index (κ3) is 8.61. The van der Waals surface area contributed by atoms with E-state index in [1.54, 1.807) is 11.3 Å². The molecule has 3 N–H and O–H groups in total. The minimum absolute atomic E-state index is 0. The second-order valence-electron chi connectivity index (χ2n) is 7.19. The van der Waals surface area contributed by atoms with Gasteiger partial charge in [0.05, 0.1) is 12.3 Å². The first-order chi connectivity index (χ1) is 13.3. The summed E-state index contributed by atoms with van der Waals surface area (Å²) >= 11 is 1.76. The molecule has 0 saturated heterocycles. The molecule has 0 saturated carbocycles. The molecule has 0 fully saturated rings. The molecule has 6 nitrogen and oxygen atoms in total. The molecule has 2 aromatic rings. The van der Waals surface area contributed by atoms with Crippen molar-refractivity contribution in [3.63, 3.8) is 0 Å². The molecule has 0 spiro atoms. The van der Waals surface area contributed by atoms with Crippen LogP contribution in [-0.4, -0.2) is 34.5 Å². The summed E-state index contributed by atoms with van der Waals surface area (Å²) in [5.41, 5.74) is 1.80. The SMILES string of the molecule is CCNC(=NCc1ccc(CS(=O)(=O)NC)cc1)NCC(C)(C)c1cccs1.I. The van der Waals surface area contributed by atoms with Crippen molar-refractivity contribution in [3.05, 3.63) is 57.8 Å². The van der Waals surface area contributed by atoms with Gasteiger partial charge in [0.2, 0.25) is 10.0 Å². The zero-order chi connectivity index (χ0) is 20.6. The summed E-state index contributed by atoms with van der Waals surface area (Å²) in [5, 5.41) is 8.80. The average molecular weight is 551 g/mol. The molecule has 1 aromatic carbocycles. The molecule has 0 bridgehead atoms. The lowest BCUT2D eigenvalue weighted by atomic mass is 9.91. The van der Waals surface area contributed by atoms with E-state index < -0.39 is 10.0 Å². The molecule has 0 aliphatic rings. The Morgan fingerprint density at radius 3 is 2.31 bits per heavy atom. The van der Waals surface area contributed by atoms with Crippen LogP contribution in [0, 0.1) is 0 Å². The zero-order valence-corrected chi connectivity index (χ0v) is 21.3. The van der Waals surface area contributed by atoms with Crippen molar-refractivity contribution in [3.8, 4) is 0 Å². The number of halogens is 1. The number of hydrogen-bond acceptors (Lipinski definition) is 4. The molecular formula is C20H31IN4O2S2. The van der Waals surface area contributed by atoms with Gasteiger partial charge >= 0.3 is 0 Å². The van der Waals surface area contributed by atoms with Crippen molar-refractivity contribution in [1.82, 2.24) is 15.4 Å². The highest BCUT2D eigenvalue weighted by Crippen LogP contribution is 2.26. The van der Waals surface area contributed by atoms with E-state index >= 15 is 0 Å². The number of nitrogens with one attached hydrogen (secondary N) is 3. The van der Waals surface area contributed by atoms with E-state index in [1.807, 2.05) is 31.2 Å². The first-order valence-electron chi connectivity index (χ1n) is 9.31. The predicted octanol–water partition coefficient (Wildman–Crippen LogP) is 3.45. The molecule has 1 heterocycles. The van der Waals surface area contributed by atoms with Crippen LogP contribution in [0.3, 0.4) is 0 Å². The summed E-state index contributed by atoms with van der Waals surface area (Å²) in [5.74, 6) is 0.753. The molecule has 162 valence electrons. The van der Waals surface area contributed by atoms with Gasteiger partial charge in [0.1, 0.15) is 0 Å². The van der Waals surface area contributed by atoms with Crippen LogP contribution in [0.2, 0.25) is 0 Å². The molecular weight excluding hydrogens is 519 g/mol. The molecule has 2 rings (SSSR count). The fraction of sp³-hybridized carbons (Fsp3) is 0.450. The Bertz CT molecular complexity index is 864. The zero-order valence-electron chi connectivity index (χ0n) is 17.4. The fourth-order valence-corrected chi connectivity index (χ4v) is 4.23. The maximum absolute atomic E-state index is 11.6. The van der Waals surface area contributed by atoms with Gasteiger partial charge in [0.25, 0.3) is 0 Å². The molecule has 0 aliphatic carbocycles. The van der Waals surface area contributed by atoms with Crippen molar-refractivity contribution in [1.29, 1.82) is 0 Å². The Labute approximate surface area is 195 Å². The highest BCUT2D eigenvalue weighted by atomic mass is 127. The van der Waals surface area contributed by atoms with Crippen LogP contribution < -0.4 is 15.4 Å². The summed E-state index contributed by atoms with van der Waals surface area (Å²) in [7, 11) is -1.83. The third-order valence-corrected chi connectivity index (χ3v) is 6.91. The van der Waals surface area contributed by atoms with Crippen molar-refractivity contribution in [2.24, 2.45) is 4.99 Å². The van der Waals surface area contributed by atoms with Gasteiger partial charge < -0.3 is 10.6 Å². The highest BCUT2D eigenvalue weighted by Gasteiger charge is 2.21. The first kappa shape index (κ1) is 25.9. The monoisotopic (exact) mass is 550 g/mol. The van der Waals surface area contributed by atoms with Crippen molar-refractivity contribution in [2.75, 3.05) is 20.1 Å². The second kappa shape index (κ2) is 11.9. The lowest BCUT2D eigenvalue weighted by Crippen LogP contribution is -2.43. The maximum atomic E-state index is 11.6. The average Bonchev–Trinajstić information content (AvgIpc) is 3.21. The highest BCUT2D eigenvalue weighted by molar-refractivity contribution is 14.0. The van der Waals surface area contributed by atoms with Gasteiger partial charge in [0.15, 0.2) is 5.96 Å². The summed E-state index contributed by atoms with van der Waals surface area (Å²) in [6, 6.07) is 11.7. The smallest absolute Gasteiger partial charge is 0.215 e. The number of nitrogens with zero attached hydrogens (tertiary/aromatic N) is 1. The normalized spacial score (nSPS) is 12.3. The molecule has 29 heavy (non-hydrogen) atoms. The number of aliphatic imine (C=N–C) groups is 1. The third-order valence-electron chi connectivity index (χ3n) is 4.34. The van der Waals surface area contributed by atoms with Gasteiger partial charge in [0, 0.05) is 23.4 Å². The fourth-order valence-electron chi connectivity index (χ4n) is 2.60. The first-order valence-corrected chi connectivity index (χ1v) is 11.8. The lowest BCUT2D eigenvalue weighted by Gasteiger charge is -2.25. The summed E-state index contributed by atoms with van der Waals surface area (Å²) < 4.78 is 25.6. The second-order valence-corrected chi connectivity index (χ2v) is 10.1. The van der Waals surface area contributed by atoms with Crippen molar-refractivity contribution >= 4 is 51.3 Å². The minimum Gasteiger partial charge on any atom is -0.357 e. The van der Waals surface area contributed by atoms with Crippen LogP contribution in [0.5, 0.6) is 0 Å². The molecule has 0 atom stereocenters. The summed E-state index contributed by atoms with van der Waals surface area (Å²) in [6.07, 6.45) is 0. The maximum Gasteiger partial charge on any atom is 0.215 e. The van der Waals surface area contributed by atoms with Gasteiger partial charge in [-0.15, -0.1) is 35.3 Å². The van der Waals surface area contributed by atoms with Crippen LogP contribution in [0.25, 0.3) is 0 Å². The molecule has 1 aromatic heterocycles. The van der Waals surface area contributed by atoms with Gasteiger partial charge in [-0.05, 0) is 36.5 Å². The van der Waals surface area contributed by atoms with Crippen LogP contribution in [-0.2, 0) is 27.7 Å². The lowest BCUT2D eigenvalue weighted by molar-refractivity contribution is 0.518. The standard InChI is InChI=1S/C20H30N4O2S2.HI/c1-5-22-19(24-15-20(2,3)18-7-6-12-27-18)23-13-16-8-10-17(11-9-16)14-28(25,26)21-4;/h6-12,21H,5,13-15H2,1-4H3,(H2,22,23,24);1H. The molecule has 0 aliphatic heterocycles. The van der Waals surface area contributed by atoms with Crippen LogP contribution >= 0.6 is 35.3 Å². The number of thiophene rings is 1. The van der Waals surface area contributed by atoms with Crippen molar-refractivity contribution < 1.29 is 8.42 Å². The van der Waals surface area contributed by atoms with Gasteiger partial charge in [-0.2, -0.15) is 0 Å². The van der Waals surface area contributed by atoms with Crippen LogP contribution in [0.4, 0.5) is 0 Å². The van der Waals surface area contributed by atoms with E-state index in [0.717, 1.165) is 30.2 Å². The van der Waals surface area contributed by atoms with E-state index in [9.17, 15) is 8.42 Å². The molecule has 0 radical (unpaired) electrons. The Morgan fingerprint density at radius 1 is 1.10 bits per heavy atom. The Balaban J connectivity index is 0.00000420. The minimum atomic E-state index is -3.26. The number of sulfonamides is 1. The Morgan fingerprint density at radius 2 is 1.76 bits per heavy atom. The molecule has 0 unspecified atom stereocenters. The van der Waals surface area contributed by atoms with Gasteiger partial charge in [-0.25, -0.2) is 18.1 Å². The largest absolute Gasteiger partial charge is 0.357 e. The number of benzene rings is 1. The number of guanidine groups is 1. The molecule has 0 amide bonds. The number of rotatable bonds is 9. The summed E-state index contributed by atoms with van der Waals surface area (Å²) in [6.45, 7) is 8.55. The Hall–Kier alpha value is -1.17. The van der Waals surface area contributed by atoms with E-state index in [-0.39, 0.29) is 35.1 Å². The van der Waals surface area contributed by atoms with Crippen LogP contribution in [0.1, 0.15) is 36.8 Å². The predicted molar refractivity (Wildman–Crippen MR) is 134 cm³/mol. The van der Waals surface area contributed by atoms with E-state index in [0.29, 0.717) is 6.54 Å². The number of hydrogen-bond donors (Lipinski definition) is 3. The van der Waals surface area contributed by atoms with E-state index in [2.05, 4.69) is 51.7 Å².